The Morgan fingerprint density at radius 3 is 2.23 bits per heavy atom. The monoisotopic (exact) mass is 418 g/mol. The molecule has 0 spiro atoms. The van der Waals surface area contributed by atoms with Crippen LogP contribution in [0.3, 0.4) is 0 Å². The Morgan fingerprint density at radius 1 is 0.935 bits per heavy atom. The van der Waals surface area contributed by atoms with E-state index in [-0.39, 0.29) is 17.5 Å². The maximum absolute atomic E-state index is 13.5. The fourth-order valence-electron chi connectivity index (χ4n) is 3.27. The summed E-state index contributed by atoms with van der Waals surface area (Å²) >= 11 is 0. The highest BCUT2D eigenvalue weighted by atomic mass is 16.3. The average Bonchev–Trinajstić information content (AvgIpc) is 3.25. The first-order valence-electron chi connectivity index (χ1n) is 10.0. The molecule has 2 aromatic carbocycles. The van der Waals surface area contributed by atoms with Crippen molar-refractivity contribution < 1.29 is 18.8 Å². The van der Waals surface area contributed by atoms with Crippen molar-refractivity contribution in [1.29, 1.82) is 0 Å². The maximum Gasteiger partial charge on any atom is 0.294 e. The van der Waals surface area contributed by atoms with Crippen molar-refractivity contribution in [3.05, 3.63) is 89.9 Å². The summed E-state index contributed by atoms with van der Waals surface area (Å²) in [6.45, 7) is 7.09. The van der Waals surface area contributed by atoms with Gasteiger partial charge >= 0.3 is 0 Å². The fourth-order valence-corrected chi connectivity index (χ4v) is 3.27. The predicted octanol–water partition coefficient (Wildman–Crippen LogP) is 4.79. The largest absolute Gasteiger partial charge is 0.459 e. The predicted molar refractivity (Wildman–Crippen MR) is 119 cm³/mol. The van der Waals surface area contributed by atoms with E-state index in [9.17, 15) is 14.4 Å². The smallest absolute Gasteiger partial charge is 0.294 e. The third-order valence-corrected chi connectivity index (χ3v) is 4.60. The molecule has 1 N–H and O–H groups in total. The van der Waals surface area contributed by atoms with Gasteiger partial charge < -0.3 is 9.73 Å². The van der Waals surface area contributed by atoms with E-state index in [0.717, 1.165) is 0 Å². The summed E-state index contributed by atoms with van der Waals surface area (Å²) in [5, 5.41) is 2.98. The van der Waals surface area contributed by atoms with E-state index in [4.69, 9.17) is 4.42 Å². The molecule has 0 radical (unpaired) electrons. The Bertz CT molecular complexity index is 1070. The molecule has 0 saturated heterocycles. The van der Waals surface area contributed by atoms with Gasteiger partial charge in [-0.2, -0.15) is 0 Å². The Labute approximate surface area is 181 Å². The first-order valence-corrected chi connectivity index (χ1v) is 10.0. The molecule has 6 heteroatoms. The molecule has 6 nitrogen and oxygen atoms in total. The normalized spacial score (nSPS) is 12.1. The number of Topliss-reactive ketones (excluding diaryl/α,β-unsaturated/α-hetero) is 1. The van der Waals surface area contributed by atoms with E-state index in [0.29, 0.717) is 16.8 Å². The van der Waals surface area contributed by atoms with Crippen molar-refractivity contribution in [2.24, 2.45) is 0 Å². The highest BCUT2D eigenvalue weighted by Gasteiger charge is 2.36. The quantitative estimate of drug-likeness (QED) is 0.584. The second kappa shape index (κ2) is 9.00. The van der Waals surface area contributed by atoms with Crippen LogP contribution in [-0.4, -0.2) is 23.1 Å². The summed E-state index contributed by atoms with van der Waals surface area (Å²) in [5.41, 5.74) is 0.993. The summed E-state index contributed by atoms with van der Waals surface area (Å²) in [4.78, 5) is 40.4. The van der Waals surface area contributed by atoms with Gasteiger partial charge in [0.25, 0.3) is 5.91 Å². The van der Waals surface area contributed by atoms with E-state index < -0.39 is 17.5 Å². The van der Waals surface area contributed by atoms with Crippen LogP contribution >= 0.6 is 0 Å². The average molecular weight is 418 g/mol. The lowest BCUT2D eigenvalue weighted by Crippen LogP contribution is -2.49. The van der Waals surface area contributed by atoms with Crippen molar-refractivity contribution in [3.63, 3.8) is 0 Å². The van der Waals surface area contributed by atoms with Gasteiger partial charge in [0.2, 0.25) is 5.91 Å². The van der Waals surface area contributed by atoms with Crippen LogP contribution in [0.4, 0.5) is 5.69 Å². The van der Waals surface area contributed by atoms with Gasteiger partial charge in [-0.25, -0.2) is 0 Å². The molecule has 1 aromatic heterocycles. The second-order valence-corrected chi connectivity index (χ2v) is 8.31. The van der Waals surface area contributed by atoms with Crippen LogP contribution in [0.15, 0.2) is 77.4 Å². The Kier molecular flexibility index (Phi) is 6.39. The van der Waals surface area contributed by atoms with Crippen LogP contribution in [0.2, 0.25) is 0 Å². The number of nitrogens with one attached hydrogen (secondary N) is 1. The molecule has 1 atom stereocenters. The molecule has 0 aliphatic heterocycles. The van der Waals surface area contributed by atoms with Gasteiger partial charge in [-0.15, -0.1) is 0 Å². The number of amides is 2. The standard InChI is InChI=1S/C25H26N2O4/c1-17(28)19-12-8-13-20(16-19)27(24(30)21-14-9-15-31-21)22(18-10-6-5-7-11-18)23(29)26-25(2,3)4/h5-16,22H,1-4H3,(H,26,29). The minimum absolute atomic E-state index is 0.0951. The number of carbonyl (C=O) groups excluding carboxylic acids is 3. The molecule has 31 heavy (non-hydrogen) atoms. The number of anilines is 1. The lowest BCUT2D eigenvalue weighted by molar-refractivity contribution is -0.123. The number of rotatable bonds is 6. The molecule has 3 aromatic rings. The Morgan fingerprint density at radius 2 is 1.65 bits per heavy atom. The number of furan rings is 1. The Balaban J connectivity index is 2.20. The van der Waals surface area contributed by atoms with Crippen LogP contribution in [0, 0.1) is 0 Å². The zero-order chi connectivity index (χ0) is 22.6. The summed E-state index contributed by atoms with van der Waals surface area (Å²) in [6, 6.07) is 17.9. The highest BCUT2D eigenvalue weighted by molar-refractivity contribution is 6.09. The zero-order valence-electron chi connectivity index (χ0n) is 18.1. The Hall–Kier alpha value is -3.67. The topological polar surface area (TPSA) is 79.6 Å². The van der Waals surface area contributed by atoms with E-state index in [1.165, 1.54) is 18.1 Å². The van der Waals surface area contributed by atoms with Gasteiger partial charge in [0, 0.05) is 16.8 Å². The van der Waals surface area contributed by atoms with Crippen LogP contribution in [0.5, 0.6) is 0 Å². The third kappa shape index (κ3) is 5.28. The van der Waals surface area contributed by atoms with Gasteiger partial charge in [-0.05, 0) is 57.5 Å². The van der Waals surface area contributed by atoms with E-state index in [1.807, 2.05) is 39.0 Å². The molecular formula is C25H26N2O4. The van der Waals surface area contributed by atoms with Crippen molar-refractivity contribution in [1.82, 2.24) is 5.32 Å². The number of hydrogen-bond donors (Lipinski definition) is 1. The number of ketones is 1. The molecule has 1 heterocycles. The third-order valence-electron chi connectivity index (χ3n) is 4.60. The van der Waals surface area contributed by atoms with Gasteiger partial charge in [0.05, 0.1) is 6.26 Å². The molecule has 0 aliphatic rings. The summed E-state index contributed by atoms with van der Waals surface area (Å²) in [7, 11) is 0. The molecule has 0 bridgehead atoms. The number of benzene rings is 2. The lowest BCUT2D eigenvalue weighted by atomic mass is 10.00. The summed E-state index contributed by atoms with van der Waals surface area (Å²) < 4.78 is 5.35. The SMILES string of the molecule is CC(=O)c1cccc(N(C(=O)c2ccco2)C(C(=O)NC(C)(C)C)c2ccccc2)c1. The zero-order valence-corrected chi connectivity index (χ0v) is 18.1. The first-order chi connectivity index (χ1) is 14.7. The fraction of sp³-hybridized carbons (Fsp3) is 0.240. The van der Waals surface area contributed by atoms with E-state index >= 15 is 0 Å². The van der Waals surface area contributed by atoms with Crippen molar-refractivity contribution >= 4 is 23.3 Å². The van der Waals surface area contributed by atoms with E-state index in [2.05, 4.69) is 5.32 Å². The van der Waals surface area contributed by atoms with Gasteiger partial charge in [0.1, 0.15) is 6.04 Å². The van der Waals surface area contributed by atoms with Crippen molar-refractivity contribution in [3.8, 4) is 0 Å². The first kappa shape index (κ1) is 22.0. The van der Waals surface area contributed by atoms with Crippen LogP contribution < -0.4 is 10.2 Å². The molecule has 160 valence electrons. The van der Waals surface area contributed by atoms with Gasteiger partial charge in [0.15, 0.2) is 11.5 Å². The summed E-state index contributed by atoms with van der Waals surface area (Å²) in [6.07, 6.45) is 1.41. The maximum atomic E-state index is 13.5. The second-order valence-electron chi connectivity index (χ2n) is 8.31. The molecule has 0 aliphatic carbocycles. The minimum Gasteiger partial charge on any atom is -0.459 e. The molecule has 3 rings (SSSR count). The molecule has 1 unspecified atom stereocenters. The number of nitrogens with zero attached hydrogens (tertiary/aromatic N) is 1. The van der Waals surface area contributed by atoms with Gasteiger partial charge in [-0.3, -0.25) is 19.3 Å². The molecule has 0 fully saturated rings. The van der Waals surface area contributed by atoms with Crippen LogP contribution in [0.25, 0.3) is 0 Å². The number of carbonyl (C=O) groups is 3. The lowest BCUT2D eigenvalue weighted by Gasteiger charge is -2.33. The highest BCUT2D eigenvalue weighted by Crippen LogP contribution is 2.31. The number of hydrogen-bond acceptors (Lipinski definition) is 4. The van der Waals surface area contributed by atoms with Crippen LogP contribution in [-0.2, 0) is 4.79 Å². The van der Waals surface area contributed by atoms with Crippen molar-refractivity contribution in [2.75, 3.05) is 4.90 Å². The summed E-state index contributed by atoms with van der Waals surface area (Å²) in [5.74, 6) is -0.865. The molecular weight excluding hydrogens is 392 g/mol. The van der Waals surface area contributed by atoms with Gasteiger partial charge in [-0.1, -0.05) is 42.5 Å². The minimum atomic E-state index is -0.972. The molecule has 2 amide bonds. The molecule has 0 saturated carbocycles. The van der Waals surface area contributed by atoms with Crippen LogP contribution in [0.1, 0.15) is 60.2 Å². The van der Waals surface area contributed by atoms with Crippen molar-refractivity contribution in [2.45, 2.75) is 39.3 Å². The van der Waals surface area contributed by atoms with E-state index in [1.54, 1.807) is 48.5 Å².